The van der Waals surface area contributed by atoms with Crippen LogP contribution in [0.4, 0.5) is 4.39 Å². The summed E-state index contributed by atoms with van der Waals surface area (Å²) in [5.41, 5.74) is 0.781. The van der Waals surface area contributed by atoms with Crippen molar-refractivity contribution in [1.29, 1.82) is 0 Å². The fourth-order valence-electron chi connectivity index (χ4n) is 1.28. The lowest BCUT2D eigenvalue weighted by molar-refractivity contribution is -0.131. The van der Waals surface area contributed by atoms with Gasteiger partial charge >= 0.3 is 5.97 Å². The van der Waals surface area contributed by atoms with Gasteiger partial charge in [-0.25, -0.2) is 14.2 Å². The molecule has 0 saturated carbocycles. The van der Waals surface area contributed by atoms with Crippen LogP contribution in [0.3, 0.4) is 0 Å². The Kier molecular flexibility index (Phi) is 2.62. The first-order valence-corrected chi connectivity index (χ1v) is 4.69. The third-order valence-electron chi connectivity index (χ3n) is 1.89. The first-order chi connectivity index (χ1) is 7.56. The molecule has 4 nitrogen and oxygen atoms in total. The Hall–Kier alpha value is -1.88. The van der Waals surface area contributed by atoms with E-state index in [1.165, 1.54) is 22.9 Å². The van der Waals surface area contributed by atoms with E-state index in [-0.39, 0.29) is 5.02 Å². The van der Waals surface area contributed by atoms with Crippen LogP contribution in [0.15, 0.2) is 24.5 Å². The molecule has 0 atom stereocenters. The number of carboxylic acids is 1. The van der Waals surface area contributed by atoms with Gasteiger partial charge in [-0.05, 0) is 12.1 Å². The van der Waals surface area contributed by atoms with Gasteiger partial charge in [-0.15, -0.1) is 0 Å². The number of carboxylic acid groups (broad SMARTS) is 1. The number of nitrogens with zero attached hydrogens (tertiary/aromatic N) is 2. The topological polar surface area (TPSA) is 54.6 Å². The molecule has 0 radical (unpaired) electrons. The molecule has 0 saturated heterocycles. The monoisotopic (exact) mass is 240 g/mol. The molecule has 6 heteroatoms. The molecule has 0 bridgehead atoms. The second kappa shape index (κ2) is 3.94. The first-order valence-electron chi connectivity index (χ1n) is 4.31. The third kappa shape index (κ3) is 2.04. The van der Waals surface area contributed by atoms with Crippen molar-refractivity contribution >= 4 is 29.3 Å². The van der Waals surface area contributed by atoms with E-state index in [4.69, 9.17) is 16.7 Å². The second-order valence-corrected chi connectivity index (χ2v) is 3.48. The summed E-state index contributed by atoms with van der Waals surface area (Å²) in [6.07, 6.45) is 4.96. The molecule has 0 fully saturated rings. The van der Waals surface area contributed by atoms with Gasteiger partial charge in [0.05, 0.1) is 10.7 Å². The van der Waals surface area contributed by atoms with Crippen molar-refractivity contribution in [1.82, 2.24) is 9.38 Å². The fraction of sp³-hybridized carbons (Fsp3) is 0. The molecule has 16 heavy (non-hydrogen) atoms. The fourth-order valence-corrected chi connectivity index (χ4v) is 1.52. The number of aliphatic carboxylic acids is 1. The summed E-state index contributed by atoms with van der Waals surface area (Å²) in [6, 6.07) is 1.15. The van der Waals surface area contributed by atoms with Crippen molar-refractivity contribution in [2.75, 3.05) is 0 Å². The highest BCUT2D eigenvalue weighted by molar-refractivity contribution is 6.33. The lowest BCUT2D eigenvalue weighted by atomic mass is 10.4. The summed E-state index contributed by atoms with van der Waals surface area (Å²) in [5, 5.41) is 8.62. The van der Waals surface area contributed by atoms with Gasteiger partial charge in [0.25, 0.3) is 0 Å². The van der Waals surface area contributed by atoms with Crippen LogP contribution in [0.25, 0.3) is 11.7 Å². The molecule has 1 N–H and O–H groups in total. The maximum Gasteiger partial charge on any atom is 0.328 e. The molecule has 2 heterocycles. The smallest absolute Gasteiger partial charge is 0.328 e. The molecular formula is C10H6ClFN2O2. The number of hydrogen-bond acceptors (Lipinski definition) is 2. The summed E-state index contributed by atoms with van der Waals surface area (Å²) in [7, 11) is 0. The summed E-state index contributed by atoms with van der Waals surface area (Å²) in [6.45, 7) is 0. The summed E-state index contributed by atoms with van der Waals surface area (Å²) in [5.74, 6) is -1.56. The lowest BCUT2D eigenvalue weighted by Crippen LogP contribution is -1.86. The van der Waals surface area contributed by atoms with E-state index in [1.807, 2.05) is 0 Å². The lowest BCUT2D eigenvalue weighted by Gasteiger charge is -1.94. The highest BCUT2D eigenvalue weighted by Gasteiger charge is 2.05. The van der Waals surface area contributed by atoms with Crippen molar-refractivity contribution < 1.29 is 14.3 Å². The Bertz CT molecular complexity index is 592. The summed E-state index contributed by atoms with van der Waals surface area (Å²) < 4.78 is 14.4. The molecule has 0 aliphatic rings. The van der Waals surface area contributed by atoms with E-state index in [2.05, 4.69) is 4.98 Å². The number of fused-ring (bicyclic) bond motifs is 1. The van der Waals surface area contributed by atoms with Crippen molar-refractivity contribution in [3.63, 3.8) is 0 Å². The van der Waals surface area contributed by atoms with Crippen LogP contribution in [-0.2, 0) is 4.79 Å². The molecular weight excluding hydrogens is 235 g/mol. The minimum Gasteiger partial charge on any atom is -0.478 e. The Labute approximate surface area is 94.6 Å². The zero-order valence-electron chi connectivity index (χ0n) is 7.89. The van der Waals surface area contributed by atoms with E-state index in [0.717, 1.165) is 12.1 Å². The van der Waals surface area contributed by atoms with Gasteiger partial charge in [0.2, 0.25) is 0 Å². The number of halogens is 2. The zero-order chi connectivity index (χ0) is 11.7. The molecule has 82 valence electrons. The molecule has 0 aromatic carbocycles. The van der Waals surface area contributed by atoms with Gasteiger partial charge in [0.1, 0.15) is 5.82 Å². The van der Waals surface area contributed by atoms with Gasteiger partial charge in [-0.2, -0.15) is 0 Å². The van der Waals surface area contributed by atoms with Gasteiger partial charge in [-0.1, -0.05) is 11.6 Å². The average molecular weight is 241 g/mol. The van der Waals surface area contributed by atoms with E-state index >= 15 is 0 Å². The zero-order valence-corrected chi connectivity index (χ0v) is 8.65. The van der Waals surface area contributed by atoms with Crippen LogP contribution in [-0.4, -0.2) is 20.5 Å². The number of imidazole rings is 1. The molecule has 2 rings (SSSR count). The largest absolute Gasteiger partial charge is 0.478 e. The Morgan fingerprint density at radius 1 is 1.56 bits per heavy atom. The van der Waals surface area contributed by atoms with Crippen LogP contribution in [0, 0.1) is 5.82 Å². The number of rotatable bonds is 2. The van der Waals surface area contributed by atoms with Crippen molar-refractivity contribution in [2.45, 2.75) is 0 Å². The Morgan fingerprint density at radius 2 is 2.31 bits per heavy atom. The van der Waals surface area contributed by atoms with E-state index in [1.54, 1.807) is 0 Å². The highest BCUT2D eigenvalue weighted by Crippen LogP contribution is 2.18. The van der Waals surface area contributed by atoms with E-state index < -0.39 is 11.8 Å². The van der Waals surface area contributed by atoms with Crippen LogP contribution >= 0.6 is 11.6 Å². The maximum atomic E-state index is 13.0. The number of hydrogen-bond donors (Lipinski definition) is 1. The first kappa shape index (κ1) is 10.6. The number of aromatic nitrogens is 2. The predicted molar refractivity (Wildman–Crippen MR) is 56.8 cm³/mol. The van der Waals surface area contributed by atoms with Crippen LogP contribution < -0.4 is 0 Å². The normalized spacial score (nSPS) is 11.4. The van der Waals surface area contributed by atoms with Crippen molar-refractivity contribution in [3.05, 3.63) is 41.1 Å². The van der Waals surface area contributed by atoms with E-state index in [0.29, 0.717) is 11.3 Å². The maximum absolute atomic E-state index is 13.0. The third-order valence-corrected chi connectivity index (χ3v) is 2.17. The highest BCUT2D eigenvalue weighted by atomic mass is 35.5. The molecule has 0 aliphatic heterocycles. The Morgan fingerprint density at radius 3 is 3.00 bits per heavy atom. The molecule has 2 aromatic rings. The van der Waals surface area contributed by atoms with Gasteiger partial charge in [-0.3, -0.25) is 0 Å². The van der Waals surface area contributed by atoms with Crippen LogP contribution in [0.1, 0.15) is 5.69 Å². The molecule has 0 spiro atoms. The van der Waals surface area contributed by atoms with Crippen LogP contribution in [0.2, 0.25) is 5.02 Å². The SMILES string of the molecule is O=C(O)/C=C/c1cn2cc(F)cc(Cl)c2n1. The molecule has 0 amide bonds. The Balaban J connectivity index is 2.52. The standard InChI is InChI=1S/C10H6ClFN2O2/c11-8-3-6(12)4-14-5-7(13-10(8)14)1-2-9(15)16/h1-5H,(H,15,16)/b2-1+. The van der Waals surface area contributed by atoms with Crippen molar-refractivity contribution in [2.24, 2.45) is 0 Å². The quantitative estimate of drug-likeness (QED) is 0.819. The van der Waals surface area contributed by atoms with Crippen LogP contribution in [0.5, 0.6) is 0 Å². The molecule has 0 unspecified atom stereocenters. The van der Waals surface area contributed by atoms with Gasteiger partial charge in [0.15, 0.2) is 5.65 Å². The molecule has 0 aliphatic carbocycles. The minimum atomic E-state index is -1.07. The number of pyridine rings is 1. The minimum absolute atomic E-state index is 0.176. The van der Waals surface area contributed by atoms with Gasteiger partial charge in [0, 0.05) is 18.5 Å². The second-order valence-electron chi connectivity index (χ2n) is 3.07. The summed E-state index contributed by atoms with van der Waals surface area (Å²) >= 11 is 5.77. The van der Waals surface area contributed by atoms with E-state index in [9.17, 15) is 9.18 Å². The molecule has 2 aromatic heterocycles. The predicted octanol–water partition coefficient (Wildman–Crippen LogP) is 2.22. The average Bonchev–Trinajstić information content (AvgIpc) is 2.57. The number of carbonyl (C=O) groups is 1. The van der Waals surface area contributed by atoms with Crippen molar-refractivity contribution in [3.8, 4) is 0 Å². The summed E-state index contributed by atoms with van der Waals surface area (Å²) in [4.78, 5) is 14.3. The van der Waals surface area contributed by atoms with Gasteiger partial charge < -0.3 is 9.51 Å².